The highest BCUT2D eigenvalue weighted by Gasteiger charge is 2.48. The van der Waals surface area contributed by atoms with Crippen molar-refractivity contribution in [2.75, 3.05) is 9.80 Å². The van der Waals surface area contributed by atoms with Gasteiger partial charge in [-0.15, -0.1) is 11.3 Å². The average molecular weight is 833 g/mol. The van der Waals surface area contributed by atoms with Gasteiger partial charge in [0.25, 0.3) is 0 Å². The van der Waals surface area contributed by atoms with Crippen molar-refractivity contribution < 1.29 is 30.2 Å². The lowest BCUT2D eigenvalue weighted by atomic mass is 10.0. The summed E-state index contributed by atoms with van der Waals surface area (Å²) in [5.41, 5.74) is 2.26. The van der Waals surface area contributed by atoms with Crippen molar-refractivity contribution in [1.82, 2.24) is 0 Å². The summed E-state index contributed by atoms with van der Waals surface area (Å²) in [6.45, 7) is 0. The van der Waals surface area contributed by atoms with Crippen molar-refractivity contribution in [3.05, 3.63) is 188 Å². The van der Waals surface area contributed by atoms with E-state index in [0.717, 1.165) is 49.2 Å². The minimum atomic E-state index is -6.00. The van der Waals surface area contributed by atoms with Crippen LogP contribution in [0.2, 0.25) is 0 Å². The maximum absolute atomic E-state index is 13.8. The quantitative estimate of drug-likeness (QED) is 0.107. The van der Waals surface area contributed by atoms with Crippen molar-refractivity contribution in [1.29, 1.82) is 0 Å². The van der Waals surface area contributed by atoms with Crippen LogP contribution in [0.15, 0.2) is 192 Å². The molecule has 0 N–H and O–H groups in total. The number of thiophene rings is 1. The van der Waals surface area contributed by atoms with Crippen molar-refractivity contribution in [3.8, 4) is 16.9 Å². The Morgan fingerprint density at radius 3 is 1.72 bits per heavy atom. The molecule has 0 spiro atoms. The Kier molecular flexibility index (Phi) is 9.07. The van der Waals surface area contributed by atoms with E-state index in [1.54, 1.807) is 0 Å². The molecule has 0 amide bonds. The normalized spacial score (nSPS) is 12.1. The zero-order valence-corrected chi connectivity index (χ0v) is 33.0. The van der Waals surface area contributed by atoms with E-state index in [9.17, 15) is 21.6 Å². The molecular formula is C49H31F3N2O4S2. The highest BCUT2D eigenvalue weighted by Crippen LogP contribution is 2.49. The second-order valence-corrected chi connectivity index (χ2v) is 16.7. The number of hydrogen-bond donors (Lipinski definition) is 0. The van der Waals surface area contributed by atoms with Gasteiger partial charge in [-0.3, -0.25) is 0 Å². The van der Waals surface area contributed by atoms with Crippen molar-refractivity contribution in [3.63, 3.8) is 0 Å². The molecule has 0 aliphatic rings. The van der Waals surface area contributed by atoms with E-state index in [1.165, 1.54) is 23.5 Å². The van der Waals surface area contributed by atoms with Crippen LogP contribution in [-0.4, -0.2) is 13.9 Å². The summed E-state index contributed by atoms with van der Waals surface area (Å²) in [5.74, 6) is -0.472. The standard InChI is InChI=1S/C49H31F3N2O4S2/c50-49(51,52)60(55,56)58-39-30-43-42-28-37(25-27-47(42)59-48(43)44(31-39)54(34-14-6-2-7-15-34)35-16-8-3-9-17-35)53(36-22-20-33(21-23-36)32-12-4-1-5-13-32)38-24-26-41-40-18-10-11-19-45(40)57-46(41)29-38/h1-31H. The molecule has 8 aromatic carbocycles. The predicted molar refractivity (Wildman–Crippen MR) is 237 cm³/mol. The lowest BCUT2D eigenvalue weighted by Gasteiger charge is -2.26. The Morgan fingerprint density at radius 1 is 0.483 bits per heavy atom. The Labute approximate surface area is 346 Å². The van der Waals surface area contributed by atoms with Crippen molar-refractivity contribution in [2.45, 2.75) is 5.51 Å². The van der Waals surface area contributed by atoms with Crippen molar-refractivity contribution in [2.24, 2.45) is 0 Å². The van der Waals surface area contributed by atoms with Gasteiger partial charge in [0.1, 0.15) is 16.9 Å². The van der Waals surface area contributed by atoms with E-state index in [1.807, 2.05) is 157 Å². The van der Waals surface area contributed by atoms with Gasteiger partial charge in [-0.25, -0.2) is 0 Å². The van der Waals surface area contributed by atoms with Crippen LogP contribution in [0.3, 0.4) is 0 Å². The lowest BCUT2D eigenvalue weighted by Crippen LogP contribution is -2.28. The molecule has 2 aromatic heterocycles. The number of rotatable bonds is 9. The molecule has 0 unspecified atom stereocenters. The topological polar surface area (TPSA) is 63.0 Å². The predicted octanol–water partition coefficient (Wildman–Crippen LogP) is 14.8. The zero-order chi connectivity index (χ0) is 41.0. The minimum Gasteiger partial charge on any atom is -0.456 e. The number of benzene rings is 8. The first kappa shape index (κ1) is 37.2. The molecule has 0 radical (unpaired) electrons. The molecule has 10 aromatic rings. The third-order valence-electron chi connectivity index (χ3n) is 10.4. The van der Waals surface area contributed by atoms with Crippen LogP contribution in [0.4, 0.5) is 47.3 Å². The molecule has 0 aliphatic carbocycles. The SMILES string of the molecule is O=S(=O)(Oc1cc(N(c2ccccc2)c2ccccc2)c2sc3ccc(N(c4ccc(-c5ccccc5)cc4)c4ccc5c(c4)oc4ccccc45)cc3c2c1)C(F)(F)F. The number of hydrogen-bond acceptors (Lipinski definition) is 7. The number of halogens is 3. The van der Waals surface area contributed by atoms with Crippen LogP contribution in [-0.2, 0) is 10.1 Å². The largest absolute Gasteiger partial charge is 0.534 e. The summed E-state index contributed by atoms with van der Waals surface area (Å²) in [7, 11) is -6.00. The van der Waals surface area contributed by atoms with Gasteiger partial charge in [0, 0.05) is 66.8 Å². The first-order valence-corrected chi connectivity index (χ1v) is 21.1. The zero-order valence-electron chi connectivity index (χ0n) is 31.4. The van der Waals surface area contributed by atoms with Crippen molar-refractivity contribution >= 4 is 97.7 Å². The summed E-state index contributed by atoms with van der Waals surface area (Å²) >= 11 is 1.45. The number of furan rings is 1. The number of alkyl halides is 3. The molecule has 11 heteroatoms. The highest BCUT2D eigenvalue weighted by molar-refractivity contribution is 7.88. The number of nitrogens with zero attached hydrogens (tertiary/aromatic N) is 2. The highest BCUT2D eigenvalue weighted by atomic mass is 32.2. The van der Waals surface area contributed by atoms with Crippen LogP contribution in [0.1, 0.15) is 0 Å². The first-order valence-electron chi connectivity index (χ1n) is 18.9. The molecular weight excluding hydrogens is 802 g/mol. The molecule has 60 heavy (non-hydrogen) atoms. The van der Waals surface area contributed by atoms with Gasteiger partial charge in [-0.05, 0) is 90.0 Å². The number of anilines is 6. The Balaban J connectivity index is 1.19. The molecule has 0 saturated heterocycles. The smallest absolute Gasteiger partial charge is 0.456 e. The fourth-order valence-corrected chi connectivity index (χ4v) is 9.28. The first-order chi connectivity index (χ1) is 29.1. The second kappa shape index (κ2) is 14.6. The molecule has 0 atom stereocenters. The monoisotopic (exact) mass is 832 g/mol. The van der Waals surface area contributed by atoms with Gasteiger partial charge >= 0.3 is 15.6 Å². The summed E-state index contributed by atoms with van der Waals surface area (Å²) in [5, 5.41) is 3.19. The van der Waals surface area contributed by atoms with Gasteiger partial charge in [0.15, 0.2) is 0 Å². The van der Waals surface area contributed by atoms with E-state index in [2.05, 4.69) is 29.2 Å². The lowest BCUT2D eigenvalue weighted by molar-refractivity contribution is -0.0500. The molecule has 0 bridgehead atoms. The summed E-state index contributed by atoms with van der Waals surface area (Å²) in [6, 6.07) is 59.6. The average Bonchev–Trinajstić information content (AvgIpc) is 3.82. The maximum atomic E-state index is 13.8. The Morgan fingerprint density at radius 2 is 1.03 bits per heavy atom. The number of para-hydroxylation sites is 3. The van der Waals surface area contributed by atoms with Crippen LogP contribution in [0.25, 0.3) is 53.2 Å². The van der Waals surface area contributed by atoms with E-state index < -0.39 is 21.4 Å². The summed E-state index contributed by atoms with van der Waals surface area (Å²) in [4.78, 5) is 3.98. The Hall–Kier alpha value is -7.08. The Bertz CT molecular complexity index is 3260. The summed E-state index contributed by atoms with van der Waals surface area (Å²) < 4.78 is 79.3. The number of fused-ring (bicyclic) bond motifs is 6. The van der Waals surface area contributed by atoms with Gasteiger partial charge < -0.3 is 18.4 Å². The third-order valence-corrected chi connectivity index (χ3v) is 12.6. The van der Waals surface area contributed by atoms with E-state index in [4.69, 9.17) is 8.60 Å². The van der Waals surface area contributed by atoms with Crippen LogP contribution >= 0.6 is 11.3 Å². The molecule has 6 nitrogen and oxygen atoms in total. The van der Waals surface area contributed by atoms with Gasteiger partial charge in [-0.2, -0.15) is 21.6 Å². The molecule has 294 valence electrons. The van der Waals surface area contributed by atoms with Crippen LogP contribution < -0.4 is 14.0 Å². The molecule has 10 rings (SSSR count). The van der Waals surface area contributed by atoms with E-state index in [-0.39, 0.29) is 0 Å². The molecule has 2 heterocycles. The van der Waals surface area contributed by atoms with Crippen LogP contribution in [0.5, 0.6) is 5.75 Å². The molecule has 0 aliphatic heterocycles. The van der Waals surface area contributed by atoms with Gasteiger partial charge in [0.2, 0.25) is 0 Å². The molecule has 0 saturated carbocycles. The summed E-state index contributed by atoms with van der Waals surface area (Å²) in [6.07, 6.45) is 0. The second-order valence-electron chi connectivity index (χ2n) is 14.1. The van der Waals surface area contributed by atoms with Gasteiger partial charge in [0.05, 0.1) is 10.4 Å². The third kappa shape index (κ3) is 6.67. The van der Waals surface area contributed by atoms with Gasteiger partial charge in [-0.1, -0.05) is 97.1 Å². The van der Waals surface area contributed by atoms with Crippen LogP contribution in [0, 0.1) is 0 Å². The minimum absolute atomic E-state index is 0.448. The molecule has 0 fully saturated rings. The fourth-order valence-electron chi connectivity index (χ4n) is 7.67. The van der Waals surface area contributed by atoms with E-state index in [0.29, 0.717) is 38.1 Å². The maximum Gasteiger partial charge on any atom is 0.534 e. The van der Waals surface area contributed by atoms with E-state index >= 15 is 0 Å². The fraction of sp³-hybridized carbons (Fsp3) is 0.0204.